The SMILES string of the molecule is CC/C=C(\C=C\c1ccc2c(c1)OCO2)/C=C(C(=O)O)\C(C(\C)=C/CCC)=C(/C)NCc1ccc(Oc2cc(C)c(Cl)c(C)c2)cc1. The minimum Gasteiger partial charge on any atom is -0.478 e. The highest BCUT2D eigenvalue weighted by Crippen LogP contribution is 2.33. The Bertz CT molecular complexity index is 1720. The maximum absolute atomic E-state index is 12.8. The van der Waals surface area contributed by atoms with Gasteiger partial charge in [0.2, 0.25) is 6.79 Å². The Hall–Kier alpha value is -4.68. The molecule has 0 bridgehead atoms. The van der Waals surface area contributed by atoms with E-state index >= 15 is 0 Å². The molecule has 0 unspecified atom stereocenters. The Balaban J connectivity index is 1.58. The van der Waals surface area contributed by atoms with Crippen LogP contribution >= 0.6 is 11.6 Å². The van der Waals surface area contributed by atoms with Crippen LogP contribution in [-0.2, 0) is 11.3 Å². The van der Waals surface area contributed by atoms with E-state index in [1.807, 2.05) is 107 Å². The molecule has 7 heteroatoms. The van der Waals surface area contributed by atoms with E-state index in [2.05, 4.69) is 18.3 Å². The number of carbonyl (C=O) groups is 1. The summed E-state index contributed by atoms with van der Waals surface area (Å²) >= 11 is 6.31. The van der Waals surface area contributed by atoms with E-state index in [-0.39, 0.29) is 12.4 Å². The third kappa shape index (κ3) is 9.66. The van der Waals surface area contributed by atoms with Crippen molar-refractivity contribution in [2.45, 2.75) is 67.3 Å². The summed E-state index contributed by atoms with van der Waals surface area (Å²) in [5.41, 5.74) is 7.32. The number of ether oxygens (including phenoxy) is 3. The lowest BCUT2D eigenvalue weighted by Crippen LogP contribution is -2.17. The normalized spacial score (nSPS) is 14.0. The molecular weight excluding hydrogens is 610 g/mol. The summed E-state index contributed by atoms with van der Waals surface area (Å²) in [6.07, 6.45) is 12.3. The smallest absolute Gasteiger partial charge is 0.336 e. The molecule has 1 aliphatic rings. The van der Waals surface area contributed by atoms with E-state index < -0.39 is 5.97 Å². The highest BCUT2D eigenvalue weighted by atomic mass is 35.5. The zero-order chi connectivity index (χ0) is 33.9. The molecule has 3 aromatic rings. The molecule has 1 heterocycles. The largest absolute Gasteiger partial charge is 0.478 e. The first-order chi connectivity index (χ1) is 22.6. The molecule has 3 aromatic carbocycles. The first-order valence-corrected chi connectivity index (χ1v) is 16.4. The lowest BCUT2D eigenvalue weighted by molar-refractivity contribution is -0.132. The van der Waals surface area contributed by atoms with Gasteiger partial charge in [-0.05, 0) is 116 Å². The average molecular weight is 654 g/mol. The van der Waals surface area contributed by atoms with Crippen LogP contribution in [0.1, 0.15) is 69.2 Å². The van der Waals surface area contributed by atoms with Crippen LogP contribution in [0.5, 0.6) is 23.0 Å². The van der Waals surface area contributed by atoms with Gasteiger partial charge < -0.3 is 24.6 Å². The van der Waals surface area contributed by atoms with Gasteiger partial charge in [0.25, 0.3) is 0 Å². The number of hydrogen-bond acceptors (Lipinski definition) is 5. The van der Waals surface area contributed by atoms with Crippen LogP contribution < -0.4 is 19.5 Å². The molecule has 2 N–H and O–H groups in total. The minimum absolute atomic E-state index is 0.213. The number of carboxylic acid groups (broad SMARTS) is 1. The quantitative estimate of drug-likeness (QED) is 0.133. The molecular formula is C40H44ClNO5. The molecule has 47 heavy (non-hydrogen) atoms. The van der Waals surface area contributed by atoms with Crippen molar-refractivity contribution < 1.29 is 24.1 Å². The van der Waals surface area contributed by atoms with Gasteiger partial charge in [0.05, 0.1) is 5.57 Å². The summed E-state index contributed by atoms with van der Waals surface area (Å²) < 4.78 is 17.0. The summed E-state index contributed by atoms with van der Waals surface area (Å²) in [5.74, 6) is 1.90. The van der Waals surface area contributed by atoms with Gasteiger partial charge in [0.15, 0.2) is 11.5 Å². The fraction of sp³-hybridized carbons (Fsp3) is 0.275. The first kappa shape index (κ1) is 35.2. The Morgan fingerprint density at radius 2 is 1.66 bits per heavy atom. The number of carboxylic acids is 1. The van der Waals surface area contributed by atoms with Crippen molar-refractivity contribution in [3.8, 4) is 23.0 Å². The van der Waals surface area contributed by atoms with Gasteiger partial charge in [-0.1, -0.05) is 74.4 Å². The van der Waals surface area contributed by atoms with Crippen LogP contribution in [0.2, 0.25) is 5.02 Å². The number of nitrogens with one attached hydrogen (secondary N) is 1. The van der Waals surface area contributed by atoms with Crippen molar-refractivity contribution in [3.63, 3.8) is 0 Å². The van der Waals surface area contributed by atoms with Gasteiger partial charge in [-0.3, -0.25) is 0 Å². The van der Waals surface area contributed by atoms with Crippen LogP contribution in [0, 0.1) is 13.8 Å². The van der Waals surface area contributed by atoms with Gasteiger partial charge in [0, 0.05) is 22.8 Å². The van der Waals surface area contributed by atoms with E-state index in [9.17, 15) is 9.90 Å². The summed E-state index contributed by atoms with van der Waals surface area (Å²) in [5, 5.41) is 14.7. The standard InChI is InChI=1S/C40H44ClNO5/c1-7-9-11-26(3)38(29(6)42-24-32-14-17-33(18-15-32)47-34-20-27(4)39(41)28(5)21-34)35(40(43)44)22-30(10-8-2)12-13-31-16-19-36-37(23-31)46-25-45-36/h10-23,42H,7-9,24-25H2,1-6H3,(H,43,44)/b13-12+,26-11-,30-10+,35-22+,38-29+. The predicted molar refractivity (Wildman–Crippen MR) is 191 cm³/mol. The van der Waals surface area contributed by atoms with Gasteiger partial charge in [0.1, 0.15) is 11.5 Å². The van der Waals surface area contributed by atoms with Crippen molar-refractivity contribution >= 4 is 23.6 Å². The van der Waals surface area contributed by atoms with E-state index in [1.54, 1.807) is 6.08 Å². The molecule has 0 saturated carbocycles. The fourth-order valence-electron chi connectivity index (χ4n) is 5.30. The average Bonchev–Trinajstić information content (AvgIpc) is 3.52. The predicted octanol–water partition coefficient (Wildman–Crippen LogP) is 10.6. The second-order valence-corrected chi connectivity index (χ2v) is 11.9. The number of halogens is 1. The molecule has 0 amide bonds. The molecule has 0 aliphatic carbocycles. The van der Waals surface area contributed by atoms with E-state index in [0.717, 1.165) is 80.6 Å². The fourth-order valence-corrected chi connectivity index (χ4v) is 5.41. The number of hydrogen-bond donors (Lipinski definition) is 2. The van der Waals surface area contributed by atoms with E-state index in [1.165, 1.54) is 0 Å². The summed E-state index contributed by atoms with van der Waals surface area (Å²) in [7, 11) is 0. The lowest BCUT2D eigenvalue weighted by Gasteiger charge is -2.17. The maximum Gasteiger partial charge on any atom is 0.336 e. The second-order valence-electron chi connectivity index (χ2n) is 11.6. The molecule has 246 valence electrons. The third-order valence-corrected chi connectivity index (χ3v) is 8.35. The highest BCUT2D eigenvalue weighted by molar-refractivity contribution is 6.32. The summed E-state index contributed by atoms with van der Waals surface area (Å²) in [6.45, 7) is 12.7. The Labute approximate surface area is 283 Å². The minimum atomic E-state index is -0.988. The summed E-state index contributed by atoms with van der Waals surface area (Å²) in [6, 6.07) is 17.5. The number of aliphatic carboxylic acids is 1. The molecule has 6 nitrogen and oxygen atoms in total. The molecule has 1 aliphatic heterocycles. The van der Waals surface area contributed by atoms with Crippen molar-refractivity contribution in [1.29, 1.82) is 0 Å². The van der Waals surface area contributed by atoms with Crippen LogP contribution in [-0.4, -0.2) is 17.9 Å². The van der Waals surface area contributed by atoms with Crippen LogP contribution in [0.15, 0.2) is 107 Å². The van der Waals surface area contributed by atoms with Gasteiger partial charge in [-0.15, -0.1) is 0 Å². The third-order valence-electron chi connectivity index (χ3n) is 7.75. The molecule has 4 rings (SSSR count). The zero-order valence-corrected chi connectivity index (χ0v) is 28.8. The first-order valence-electron chi connectivity index (χ1n) is 16.0. The van der Waals surface area contributed by atoms with E-state index in [0.29, 0.717) is 17.9 Å². The van der Waals surface area contributed by atoms with Gasteiger partial charge >= 0.3 is 5.97 Å². The molecule has 0 spiro atoms. The van der Waals surface area contributed by atoms with Crippen molar-refractivity contribution in [3.05, 3.63) is 134 Å². The van der Waals surface area contributed by atoms with Crippen LogP contribution in [0.4, 0.5) is 0 Å². The molecule has 0 saturated heterocycles. The maximum atomic E-state index is 12.8. The number of benzene rings is 3. The Kier molecular flexibility index (Phi) is 12.5. The number of unbranched alkanes of at least 4 members (excludes halogenated alkanes) is 1. The monoisotopic (exact) mass is 653 g/mol. The van der Waals surface area contributed by atoms with Crippen LogP contribution in [0.3, 0.4) is 0 Å². The van der Waals surface area contributed by atoms with Crippen LogP contribution in [0.25, 0.3) is 6.08 Å². The molecule has 0 aromatic heterocycles. The highest BCUT2D eigenvalue weighted by Gasteiger charge is 2.19. The number of aryl methyl sites for hydroxylation is 2. The molecule has 0 atom stereocenters. The summed E-state index contributed by atoms with van der Waals surface area (Å²) in [4.78, 5) is 12.8. The Morgan fingerprint density at radius 1 is 0.957 bits per heavy atom. The lowest BCUT2D eigenvalue weighted by atomic mass is 9.93. The number of rotatable bonds is 14. The topological polar surface area (TPSA) is 77.0 Å². The van der Waals surface area contributed by atoms with Gasteiger partial charge in [-0.2, -0.15) is 0 Å². The number of fused-ring (bicyclic) bond motifs is 1. The zero-order valence-electron chi connectivity index (χ0n) is 28.1. The van der Waals surface area contributed by atoms with E-state index in [4.69, 9.17) is 25.8 Å². The molecule has 0 fully saturated rings. The van der Waals surface area contributed by atoms with Crippen molar-refractivity contribution in [2.75, 3.05) is 6.79 Å². The number of allylic oxidation sites excluding steroid dienone is 7. The van der Waals surface area contributed by atoms with Crippen molar-refractivity contribution in [2.24, 2.45) is 0 Å². The van der Waals surface area contributed by atoms with Crippen molar-refractivity contribution in [1.82, 2.24) is 5.32 Å². The van der Waals surface area contributed by atoms with Gasteiger partial charge in [-0.25, -0.2) is 4.79 Å². The Morgan fingerprint density at radius 3 is 2.32 bits per heavy atom. The molecule has 0 radical (unpaired) electrons. The second kappa shape index (κ2) is 16.8.